The maximum Gasteiger partial charge on any atom is 0.160 e. The molecule has 0 aliphatic carbocycles. The van der Waals surface area contributed by atoms with Crippen LogP contribution < -0.4 is 0 Å². The largest absolute Gasteiger partial charge is 0.379 e. The fourth-order valence-corrected chi connectivity index (χ4v) is 2.94. The van der Waals surface area contributed by atoms with Crippen LogP contribution in [0.5, 0.6) is 0 Å². The lowest BCUT2D eigenvalue weighted by atomic mass is 9.95. The number of unbranched alkanes of at least 4 members (excludes halogenated alkanes) is 2. The van der Waals surface area contributed by atoms with Gasteiger partial charge in [-0.3, -0.25) is 9.69 Å². The Balaban J connectivity index is 1.93. The van der Waals surface area contributed by atoms with Crippen molar-refractivity contribution in [3.63, 3.8) is 0 Å². The molecule has 0 radical (unpaired) electrons. The highest BCUT2D eigenvalue weighted by molar-refractivity contribution is 5.95. The van der Waals surface area contributed by atoms with E-state index in [0.29, 0.717) is 0 Å². The number of ketones is 1. The first kappa shape index (κ1) is 17.9. The fourth-order valence-electron chi connectivity index (χ4n) is 2.94. The zero-order valence-corrected chi connectivity index (χ0v) is 14.2. The third-order valence-electron chi connectivity index (χ3n) is 4.38. The minimum Gasteiger partial charge on any atom is -0.379 e. The van der Waals surface area contributed by atoms with Gasteiger partial charge in [0.2, 0.25) is 0 Å². The summed E-state index contributed by atoms with van der Waals surface area (Å²) in [6.45, 7) is 6.53. The van der Waals surface area contributed by atoms with Crippen LogP contribution >= 0.6 is 0 Å². The van der Waals surface area contributed by atoms with E-state index in [4.69, 9.17) is 4.74 Å². The lowest BCUT2D eigenvalue weighted by Gasteiger charge is -2.29. The van der Waals surface area contributed by atoms with E-state index in [1.165, 1.54) is 12.8 Å². The van der Waals surface area contributed by atoms with Gasteiger partial charge >= 0.3 is 0 Å². The number of nitrogens with zero attached hydrogens (tertiary/aromatic N) is 1. The summed E-state index contributed by atoms with van der Waals surface area (Å²) in [4.78, 5) is 15.0. The zero-order chi connectivity index (χ0) is 16.3. The van der Waals surface area contributed by atoms with E-state index in [-0.39, 0.29) is 11.7 Å². The predicted octanol–water partition coefficient (Wildman–Crippen LogP) is 3.80. The van der Waals surface area contributed by atoms with Crippen LogP contribution in [-0.4, -0.2) is 43.5 Å². The summed E-state index contributed by atoms with van der Waals surface area (Å²) in [5, 5.41) is 0. The summed E-state index contributed by atoms with van der Waals surface area (Å²) in [6, 6.07) is 10.0. The van der Waals surface area contributed by atoms with Crippen molar-refractivity contribution in [2.75, 3.05) is 32.8 Å². The molecule has 126 valence electrons. The van der Waals surface area contributed by atoms with Gasteiger partial charge in [0.15, 0.2) is 5.78 Å². The number of hydrogen-bond donors (Lipinski definition) is 0. The standard InChI is InChI=1S/C20H29NO2/c1-2-3-5-10-19(17-21-13-15-23-16-14-21)20(22)12-11-18-8-6-4-7-9-18/h4,6-9,11-12,19H,2-3,5,10,13-17H2,1H3/b12-11+/t19-/m0/s1. The lowest BCUT2D eigenvalue weighted by molar-refractivity contribution is -0.119. The number of morpholine rings is 1. The van der Waals surface area contributed by atoms with Crippen LogP contribution in [-0.2, 0) is 9.53 Å². The van der Waals surface area contributed by atoms with Gasteiger partial charge in [-0.15, -0.1) is 0 Å². The monoisotopic (exact) mass is 315 g/mol. The van der Waals surface area contributed by atoms with Gasteiger partial charge in [-0.1, -0.05) is 62.6 Å². The molecule has 3 heteroatoms. The number of rotatable bonds is 9. The topological polar surface area (TPSA) is 29.5 Å². The van der Waals surface area contributed by atoms with Gasteiger partial charge in [-0.05, 0) is 18.1 Å². The smallest absolute Gasteiger partial charge is 0.160 e. The molecule has 1 aliphatic rings. The third-order valence-corrected chi connectivity index (χ3v) is 4.38. The van der Waals surface area contributed by atoms with Crippen LogP contribution in [0.25, 0.3) is 6.08 Å². The minimum absolute atomic E-state index is 0.111. The maximum absolute atomic E-state index is 12.6. The average molecular weight is 315 g/mol. The Morgan fingerprint density at radius 1 is 1.22 bits per heavy atom. The van der Waals surface area contributed by atoms with Gasteiger partial charge in [0.25, 0.3) is 0 Å². The second-order valence-corrected chi connectivity index (χ2v) is 6.25. The van der Waals surface area contributed by atoms with Gasteiger partial charge in [-0.25, -0.2) is 0 Å². The first-order chi connectivity index (χ1) is 11.3. The molecular weight excluding hydrogens is 286 g/mol. The summed E-state index contributed by atoms with van der Waals surface area (Å²) < 4.78 is 5.41. The van der Waals surface area contributed by atoms with Crippen molar-refractivity contribution in [1.29, 1.82) is 0 Å². The first-order valence-corrected chi connectivity index (χ1v) is 8.86. The molecule has 0 saturated carbocycles. The molecule has 1 aromatic rings. The molecule has 0 aromatic heterocycles. The average Bonchev–Trinajstić information content (AvgIpc) is 2.61. The number of carbonyl (C=O) groups excluding carboxylic acids is 1. The Hall–Kier alpha value is -1.45. The second kappa shape index (κ2) is 10.3. The van der Waals surface area contributed by atoms with E-state index in [1.54, 1.807) is 6.08 Å². The van der Waals surface area contributed by atoms with Crippen molar-refractivity contribution in [3.05, 3.63) is 42.0 Å². The van der Waals surface area contributed by atoms with Crippen LogP contribution in [0.4, 0.5) is 0 Å². The maximum atomic E-state index is 12.6. The number of ether oxygens (including phenoxy) is 1. The fraction of sp³-hybridized carbons (Fsp3) is 0.550. The van der Waals surface area contributed by atoms with Crippen LogP contribution in [0.1, 0.15) is 38.2 Å². The van der Waals surface area contributed by atoms with Crippen molar-refractivity contribution >= 4 is 11.9 Å². The zero-order valence-electron chi connectivity index (χ0n) is 14.2. The molecule has 0 amide bonds. The second-order valence-electron chi connectivity index (χ2n) is 6.25. The van der Waals surface area contributed by atoms with Crippen LogP contribution in [0.15, 0.2) is 36.4 Å². The molecule has 3 nitrogen and oxygen atoms in total. The van der Waals surface area contributed by atoms with Crippen LogP contribution in [0.3, 0.4) is 0 Å². The molecule has 0 spiro atoms. The molecule has 23 heavy (non-hydrogen) atoms. The number of hydrogen-bond acceptors (Lipinski definition) is 3. The summed E-state index contributed by atoms with van der Waals surface area (Å²) in [6.07, 6.45) is 8.23. The van der Waals surface area contributed by atoms with Crippen LogP contribution in [0.2, 0.25) is 0 Å². The van der Waals surface area contributed by atoms with E-state index >= 15 is 0 Å². The third kappa shape index (κ3) is 6.67. The summed E-state index contributed by atoms with van der Waals surface area (Å²) in [5.41, 5.74) is 1.08. The Bertz CT molecular complexity index is 478. The van der Waals surface area contributed by atoms with Crippen molar-refractivity contribution in [3.8, 4) is 0 Å². The highest BCUT2D eigenvalue weighted by Gasteiger charge is 2.21. The van der Waals surface area contributed by atoms with Crippen molar-refractivity contribution in [1.82, 2.24) is 4.90 Å². The Labute approximate surface area is 140 Å². The van der Waals surface area contributed by atoms with E-state index in [1.807, 2.05) is 36.4 Å². The van der Waals surface area contributed by atoms with E-state index in [9.17, 15) is 4.79 Å². The Morgan fingerprint density at radius 3 is 2.65 bits per heavy atom. The Morgan fingerprint density at radius 2 is 1.96 bits per heavy atom. The van der Waals surface area contributed by atoms with Gasteiger partial charge in [0, 0.05) is 25.6 Å². The molecule has 1 saturated heterocycles. The Kier molecular flexibility index (Phi) is 8.05. The van der Waals surface area contributed by atoms with Crippen molar-refractivity contribution in [2.24, 2.45) is 5.92 Å². The molecule has 1 aromatic carbocycles. The molecule has 1 aliphatic heterocycles. The first-order valence-electron chi connectivity index (χ1n) is 8.86. The molecule has 0 N–H and O–H groups in total. The minimum atomic E-state index is 0.111. The molecule has 2 rings (SSSR count). The van der Waals surface area contributed by atoms with Crippen LogP contribution in [0, 0.1) is 5.92 Å². The summed E-state index contributed by atoms with van der Waals surface area (Å²) in [7, 11) is 0. The molecule has 1 atom stereocenters. The van der Waals surface area contributed by atoms with Gasteiger partial charge in [-0.2, -0.15) is 0 Å². The molecule has 1 fully saturated rings. The van der Waals surface area contributed by atoms with E-state index < -0.39 is 0 Å². The van der Waals surface area contributed by atoms with E-state index in [2.05, 4.69) is 11.8 Å². The van der Waals surface area contributed by atoms with Crippen molar-refractivity contribution in [2.45, 2.75) is 32.6 Å². The molecule has 0 unspecified atom stereocenters. The predicted molar refractivity (Wildman–Crippen MR) is 95.4 cm³/mol. The van der Waals surface area contributed by atoms with Gasteiger partial charge < -0.3 is 4.74 Å². The summed E-state index contributed by atoms with van der Waals surface area (Å²) >= 11 is 0. The molecule has 1 heterocycles. The highest BCUT2D eigenvalue weighted by Crippen LogP contribution is 2.15. The summed E-state index contributed by atoms with van der Waals surface area (Å²) in [5.74, 6) is 0.371. The molecule has 0 bridgehead atoms. The normalized spacial score (nSPS) is 17.4. The number of benzene rings is 1. The number of allylic oxidation sites excluding steroid dienone is 1. The quantitative estimate of drug-likeness (QED) is 0.513. The van der Waals surface area contributed by atoms with Gasteiger partial charge in [0.05, 0.1) is 13.2 Å². The lowest BCUT2D eigenvalue weighted by Crippen LogP contribution is -2.40. The molecular formula is C20H29NO2. The SMILES string of the molecule is CCCCC[C@@H](CN1CCOCC1)C(=O)/C=C/c1ccccc1. The van der Waals surface area contributed by atoms with Crippen molar-refractivity contribution < 1.29 is 9.53 Å². The van der Waals surface area contributed by atoms with Gasteiger partial charge in [0.1, 0.15) is 0 Å². The number of carbonyl (C=O) groups is 1. The highest BCUT2D eigenvalue weighted by atomic mass is 16.5. The van der Waals surface area contributed by atoms with E-state index in [0.717, 1.165) is 51.3 Å².